The van der Waals surface area contributed by atoms with Crippen LogP contribution in [0.2, 0.25) is 0 Å². The average molecular weight is 342 g/mol. The maximum absolute atomic E-state index is 12.9. The van der Waals surface area contributed by atoms with Crippen LogP contribution in [0.4, 0.5) is 4.39 Å². The molecule has 1 aliphatic heterocycles. The third-order valence-electron chi connectivity index (χ3n) is 4.61. The van der Waals surface area contributed by atoms with Crippen LogP contribution in [0, 0.1) is 5.82 Å². The van der Waals surface area contributed by atoms with Crippen LogP contribution < -0.4 is 5.32 Å². The van der Waals surface area contributed by atoms with Crippen LogP contribution in [0.5, 0.6) is 0 Å². The van der Waals surface area contributed by atoms with E-state index in [2.05, 4.69) is 10.2 Å². The summed E-state index contributed by atoms with van der Waals surface area (Å²) in [6.07, 6.45) is 1.04. The topological polar surface area (TPSA) is 52.6 Å². The van der Waals surface area contributed by atoms with Gasteiger partial charge in [-0.3, -0.25) is 9.69 Å². The normalized spacial score (nSPS) is 20.6. The van der Waals surface area contributed by atoms with E-state index in [1.165, 1.54) is 17.7 Å². The molecule has 1 amide bonds. The summed E-state index contributed by atoms with van der Waals surface area (Å²) in [6.45, 7) is 2.18. The molecule has 132 valence electrons. The Hall–Kier alpha value is -2.24. The number of aliphatic hydroxyl groups is 1. The number of amides is 1. The molecule has 3 rings (SSSR count). The maximum atomic E-state index is 12.9. The number of carbonyl (C=O) groups excluding carboxylic acids is 1. The minimum absolute atomic E-state index is 0.272. The van der Waals surface area contributed by atoms with Gasteiger partial charge in [-0.05, 0) is 36.1 Å². The van der Waals surface area contributed by atoms with E-state index >= 15 is 0 Å². The molecule has 0 radical (unpaired) electrons. The Balaban J connectivity index is 1.47. The quantitative estimate of drug-likeness (QED) is 0.846. The molecule has 0 unspecified atom stereocenters. The lowest BCUT2D eigenvalue weighted by Crippen LogP contribution is -2.49. The van der Waals surface area contributed by atoms with Crippen LogP contribution in [-0.2, 0) is 17.8 Å². The molecule has 1 saturated heterocycles. The minimum Gasteiger partial charge on any atom is -0.379 e. The number of benzene rings is 2. The van der Waals surface area contributed by atoms with Gasteiger partial charge in [0.1, 0.15) is 5.82 Å². The molecule has 1 aliphatic rings. The van der Waals surface area contributed by atoms with E-state index < -0.39 is 5.60 Å². The van der Waals surface area contributed by atoms with Gasteiger partial charge in [-0.15, -0.1) is 0 Å². The summed E-state index contributed by atoms with van der Waals surface area (Å²) in [5.41, 5.74) is 0.784. The number of likely N-dealkylation sites (tertiary alicyclic amines) is 1. The second-order valence-electron chi connectivity index (χ2n) is 6.61. The average Bonchev–Trinajstić information content (AvgIpc) is 3.00. The summed E-state index contributed by atoms with van der Waals surface area (Å²) >= 11 is 0. The third-order valence-corrected chi connectivity index (χ3v) is 4.61. The van der Waals surface area contributed by atoms with Gasteiger partial charge in [0.25, 0.3) is 5.91 Å². The molecule has 25 heavy (non-hydrogen) atoms. The maximum Gasteiger partial charge on any atom is 0.253 e. The fourth-order valence-electron chi connectivity index (χ4n) is 3.17. The number of rotatable bonds is 6. The lowest BCUT2D eigenvalue weighted by atomic mass is 10.0. The summed E-state index contributed by atoms with van der Waals surface area (Å²) in [7, 11) is 0. The molecule has 1 heterocycles. The Labute approximate surface area is 147 Å². The first-order valence-corrected chi connectivity index (χ1v) is 8.57. The van der Waals surface area contributed by atoms with Crippen molar-refractivity contribution in [2.75, 3.05) is 19.6 Å². The van der Waals surface area contributed by atoms with Crippen LogP contribution in [0.15, 0.2) is 54.6 Å². The van der Waals surface area contributed by atoms with E-state index in [4.69, 9.17) is 0 Å². The Morgan fingerprint density at radius 2 is 1.84 bits per heavy atom. The molecule has 0 spiro atoms. The first kappa shape index (κ1) is 17.6. The zero-order chi connectivity index (χ0) is 17.7. The van der Waals surface area contributed by atoms with Gasteiger partial charge in [-0.1, -0.05) is 42.5 Å². The van der Waals surface area contributed by atoms with Crippen molar-refractivity contribution in [2.45, 2.75) is 25.0 Å². The summed E-state index contributed by atoms with van der Waals surface area (Å²) in [5.74, 6) is -0.600. The standard InChI is InChI=1S/C20H23FN2O2/c21-18-8-6-16(7-9-18)10-12-22-19(24)20(25)11-13-23(15-20)14-17-4-2-1-3-5-17/h1-9,25H,10-15H2,(H,22,24)/t20-/m0/s1. The Morgan fingerprint density at radius 1 is 1.12 bits per heavy atom. The number of carbonyl (C=O) groups is 1. The molecule has 2 aromatic carbocycles. The van der Waals surface area contributed by atoms with Crippen molar-refractivity contribution in [1.82, 2.24) is 10.2 Å². The lowest BCUT2D eigenvalue weighted by molar-refractivity contribution is -0.138. The Morgan fingerprint density at radius 3 is 2.56 bits per heavy atom. The Bertz CT molecular complexity index is 705. The summed E-state index contributed by atoms with van der Waals surface area (Å²) < 4.78 is 12.9. The van der Waals surface area contributed by atoms with Crippen molar-refractivity contribution in [3.63, 3.8) is 0 Å². The van der Waals surface area contributed by atoms with Crippen molar-refractivity contribution >= 4 is 5.91 Å². The molecule has 1 fully saturated rings. The van der Waals surface area contributed by atoms with Crippen molar-refractivity contribution in [1.29, 1.82) is 0 Å². The number of hydrogen-bond donors (Lipinski definition) is 2. The van der Waals surface area contributed by atoms with Gasteiger partial charge in [0, 0.05) is 26.2 Å². The van der Waals surface area contributed by atoms with Crippen LogP contribution >= 0.6 is 0 Å². The van der Waals surface area contributed by atoms with Crippen LogP contribution in [0.1, 0.15) is 17.5 Å². The van der Waals surface area contributed by atoms with Gasteiger partial charge < -0.3 is 10.4 Å². The molecule has 0 bridgehead atoms. The van der Waals surface area contributed by atoms with Gasteiger partial charge in [0.05, 0.1) is 0 Å². The second-order valence-corrected chi connectivity index (χ2v) is 6.61. The molecule has 5 heteroatoms. The van der Waals surface area contributed by atoms with Gasteiger partial charge in [-0.2, -0.15) is 0 Å². The van der Waals surface area contributed by atoms with Gasteiger partial charge in [-0.25, -0.2) is 4.39 Å². The zero-order valence-corrected chi connectivity index (χ0v) is 14.1. The van der Waals surface area contributed by atoms with Crippen LogP contribution in [0.25, 0.3) is 0 Å². The van der Waals surface area contributed by atoms with E-state index in [0.29, 0.717) is 32.5 Å². The van der Waals surface area contributed by atoms with Gasteiger partial charge in [0.2, 0.25) is 0 Å². The molecule has 1 atom stereocenters. The fourth-order valence-corrected chi connectivity index (χ4v) is 3.17. The van der Waals surface area contributed by atoms with Crippen molar-refractivity contribution in [3.05, 3.63) is 71.5 Å². The number of nitrogens with one attached hydrogen (secondary N) is 1. The predicted octanol–water partition coefficient (Wildman–Crippen LogP) is 2.12. The van der Waals surface area contributed by atoms with E-state index in [9.17, 15) is 14.3 Å². The molecular formula is C20H23FN2O2. The molecule has 0 aliphatic carbocycles. The van der Waals surface area contributed by atoms with E-state index in [1.807, 2.05) is 30.3 Å². The van der Waals surface area contributed by atoms with Gasteiger partial charge in [0.15, 0.2) is 5.60 Å². The zero-order valence-electron chi connectivity index (χ0n) is 14.1. The second kappa shape index (κ2) is 7.76. The highest BCUT2D eigenvalue weighted by Crippen LogP contribution is 2.23. The number of halogens is 1. The van der Waals surface area contributed by atoms with Crippen molar-refractivity contribution < 1.29 is 14.3 Å². The fraction of sp³-hybridized carbons (Fsp3) is 0.350. The number of nitrogens with zero attached hydrogens (tertiary/aromatic N) is 1. The van der Waals surface area contributed by atoms with Crippen LogP contribution in [0.3, 0.4) is 0 Å². The Kier molecular flexibility index (Phi) is 5.46. The number of hydrogen-bond acceptors (Lipinski definition) is 3. The van der Waals surface area contributed by atoms with Gasteiger partial charge >= 0.3 is 0 Å². The van der Waals surface area contributed by atoms with E-state index in [-0.39, 0.29) is 11.7 Å². The third kappa shape index (κ3) is 4.65. The lowest BCUT2D eigenvalue weighted by Gasteiger charge is -2.22. The molecule has 4 nitrogen and oxygen atoms in total. The molecular weight excluding hydrogens is 319 g/mol. The highest BCUT2D eigenvalue weighted by Gasteiger charge is 2.42. The summed E-state index contributed by atoms with van der Waals surface area (Å²) in [5, 5.41) is 13.4. The number of β-amino-alcohol motifs (C(OH)–C–C–N with tert-alkyl or cyclic N) is 1. The molecule has 0 saturated carbocycles. The SMILES string of the molecule is O=C(NCCc1ccc(F)cc1)[C@]1(O)CCN(Cc2ccccc2)C1. The first-order valence-electron chi connectivity index (χ1n) is 8.57. The van der Waals surface area contributed by atoms with Crippen LogP contribution in [-0.4, -0.2) is 41.1 Å². The van der Waals surface area contributed by atoms with Crippen molar-refractivity contribution in [3.8, 4) is 0 Å². The van der Waals surface area contributed by atoms with Crippen molar-refractivity contribution in [2.24, 2.45) is 0 Å². The highest BCUT2D eigenvalue weighted by molar-refractivity contribution is 5.85. The molecule has 0 aromatic heterocycles. The predicted molar refractivity (Wildman–Crippen MR) is 94.4 cm³/mol. The molecule has 2 N–H and O–H groups in total. The van der Waals surface area contributed by atoms with E-state index in [0.717, 1.165) is 12.1 Å². The smallest absolute Gasteiger partial charge is 0.253 e. The highest BCUT2D eigenvalue weighted by atomic mass is 19.1. The monoisotopic (exact) mass is 342 g/mol. The summed E-state index contributed by atoms with van der Waals surface area (Å²) in [4.78, 5) is 14.5. The first-order chi connectivity index (χ1) is 12.0. The van der Waals surface area contributed by atoms with E-state index in [1.54, 1.807) is 12.1 Å². The molecule has 2 aromatic rings. The largest absolute Gasteiger partial charge is 0.379 e. The minimum atomic E-state index is -1.34. The summed E-state index contributed by atoms with van der Waals surface area (Å²) in [6, 6.07) is 16.2.